The zero-order valence-corrected chi connectivity index (χ0v) is 23.7. The fourth-order valence-electron chi connectivity index (χ4n) is 4.38. The zero-order chi connectivity index (χ0) is 28.4. The number of aromatic nitrogens is 4. The van der Waals surface area contributed by atoms with Crippen molar-refractivity contribution in [1.82, 2.24) is 24.0 Å². The highest BCUT2D eigenvalue weighted by atomic mass is 32.2. The van der Waals surface area contributed by atoms with E-state index in [-0.39, 0.29) is 35.5 Å². The number of imidazole rings is 1. The number of amides is 2. The van der Waals surface area contributed by atoms with Gasteiger partial charge in [-0.1, -0.05) is 16.9 Å². The standard InChI is InChI=1S/C23H25N9O5S3/c1-2-37-28-15(18-27-23(25)40-29-18)19(33)26-16-20(34)32-17(22(35)36)12(11-39-21(16)32)10-30-7-8-31-13(30)4-3-5-14(31)38-9-6-24/h3-5,7-8,16,21H,2,6,9-11,24H2,1H3,(H3-,25,26,27,29,33,35,36)/p+1/b28-15-/t16-,21-/m1/s1. The van der Waals surface area contributed by atoms with Crippen LogP contribution >= 0.6 is 35.1 Å². The first-order chi connectivity index (χ1) is 19.3. The third-order valence-corrected chi connectivity index (χ3v) is 9.03. The summed E-state index contributed by atoms with van der Waals surface area (Å²) in [6.45, 7) is 2.73. The fourth-order valence-corrected chi connectivity index (χ4v) is 6.94. The smallest absolute Gasteiger partial charge is 0.352 e. The number of aliphatic carboxylic acids is 1. The van der Waals surface area contributed by atoms with Gasteiger partial charge < -0.3 is 26.7 Å². The minimum Gasteiger partial charge on any atom is -0.477 e. The van der Waals surface area contributed by atoms with Crippen LogP contribution in [0.25, 0.3) is 5.65 Å². The molecule has 2 aliphatic heterocycles. The summed E-state index contributed by atoms with van der Waals surface area (Å²) in [7, 11) is 0. The summed E-state index contributed by atoms with van der Waals surface area (Å²) in [5.74, 6) is -1.36. The first kappa shape index (κ1) is 27.9. The predicted octanol–water partition coefficient (Wildman–Crippen LogP) is -0.109. The Hall–Kier alpha value is -3.67. The van der Waals surface area contributed by atoms with E-state index in [1.54, 1.807) is 18.7 Å². The van der Waals surface area contributed by atoms with Gasteiger partial charge >= 0.3 is 5.97 Å². The summed E-state index contributed by atoms with van der Waals surface area (Å²) in [6, 6.07) is 4.92. The Bertz CT molecular complexity index is 1530. The van der Waals surface area contributed by atoms with Crippen molar-refractivity contribution in [2.75, 3.05) is 30.4 Å². The molecular weight excluding hydrogens is 579 g/mol. The summed E-state index contributed by atoms with van der Waals surface area (Å²) in [5, 5.41) is 17.1. The minimum atomic E-state index is -1.21. The average molecular weight is 605 g/mol. The number of nitrogens with one attached hydrogen (secondary N) is 1. The van der Waals surface area contributed by atoms with Crippen LogP contribution in [0.1, 0.15) is 12.7 Å². The maximum absolute atomic E-state index is 13.2. The number of hydrogen-bond acceptors (Lipinski definition) is 12. The van der Waals surface area contributed by atoms with Gasteiger partial charge in [0.1, 0.15) is 42.7 Å². The van der Waals surface area contributed by atoms with Crippen molar-refractivity contribution in [3.8, 4) is 0 Å². The molecule has 3 aromatic rings. The molecule has 0 spiro atoms. The Labute approximate surface area is 240 Å². The van der Waals surface area contributed by atoms with Gasteiger partial charge in [0.2, 0.25) is 11.5 Å². The topological polar surface area (TPSA) is 194 Å². The van der Waals surface area contributed by atoms with E-state index < -0.39 is 29.2 Å². The van der Waals surface area contributed by atoms with Gasteiger partial charge in [0.15, 0.2) is 10.2 Å². The molecule has 0 unspecified atom stereocenters. The number of carboxylic acid groups (broad SMARTS) is 1. The van der Waals surface area contributed by atoms with Gasteiger partial charge in [0.25, 0.3) is 17.5 Å². The maximum Gasteiger partial charge on any atom is 0.352 e. The normalized spacial score (nSPS) is 19.0. The van der Waals surface area contributed by atoms with Crippen LogP contribution in [0.2, 0.25) is 0 Å². The number of nitrogen functional groups attached to an aromatic ring is 1. The van der Waals surface area contributed by atoms with E-state index in [0.717, 1.165) is 28.0 Å². The van der Waals surface area contributed by atoms with Crippen LogP contribution < -0.4 is 21.4 Å². The Morgan fingerprint density at radius 3 is 2.92 bits per heavy atom. The Balaban J connectivity index is 1.36. The number of carboxylic acids is 1. The highest BCUT2D eigenvalue weighted by molar-refractivity contribution is 8.00. The van der Waals surface area contributed by atoms with Gasteiger partial charge in [-0.15, -0.1) is 11.8 Å². The molecular formula is C23H26N9O5S3+. The molecule has 40 heavy (non-hydrogen) atoms. The number of rotatable bonds is 11. The number of hydrogen-bond donors (Lipinski definition) is 4. The summed E-state index contributed by atoms with van der Waals surface area (Å²) in [4.78, 5) is 48.8. The van der Waals surface area contributed by atoms with Crippen LogP contribution in [0, 0.1) is 0 Å². The van der Waals surface area contributed by atoms with E-state index >= 15 is 0 Å². The summed E-state index contributed by atoms with van der Waals surface area (Å²) >= 11 is 3.90. The highest BCUT2D eigenvalue weighted by Gasteiger charge is 2.54. The molecule has 5 rings (SSSR count). The van der Waals surface area contributed by atoms with Crippen molar-refractivity contribution in [3.63, 3.8) is 0 Å². The van der Waals surface area contributed by atoms with Gasteiger partial charge in [-0.25, -0.2) is 9.36 Å². The lowest BCUT2D eigenvalue weighted by Crippen LogP contribution is -2.71. The quantitative estimate of drug-likeness (QED) is 0.0750. The van der Waals surface area contributed by atoms with E-state index in [2.05, 4.69) is 19.8 Å². The molecule has 3 aromatic heterocycles. The number of fused-ring (bicyclic) bond motifs is 2. The Morgan fingerprint density at radius 1 is 1.40 bits per heavy atom. The van der Waals surface area contributed by atoms with Gasteiger partial charge in [-0.3, -0.25) is 14.5 Å². The van der Waals surface area contributed by atoms with E-state index in [1.807, 2.05) is 39.6 Å². The SMILES string of the molecule is CCO/N=C(\C(=O)N[C@@H]1C(=O)N2C(C(=O)O)=C(C[n+]3ccn4c(SCCN)cccc43)CS[C@H]12)c1nsc(N)n1. The van der Waals surface area contributed by atoms with Crippen LogP contribution in [0.5, 0.6) is 0 Å². The number of oxime groups is 1. The van der Waals surface area contributed by atoms with Gasteiger partial charge in [0, 0.05) is 41.2 Å². The van der Waals surface area contributed by atoms with Crippen LogP contribution in [-0.2, 0) is 25.8 Å². The zero-order valence-electron chi connectivity index (χ0n) is 21.2. The van der Waals surface area contributed by atoms with E-state index in [9.17, 15) is 19.5 Å². The minimum absolute atomic E-state index is 0.0248. The third-order valence-electron chi connectivity index (χ3n) is 6.08. The van der Waals surface area contributed by atoms with Crippen LogP contribution in [0.3, 0.4) is 0 Å². The molecule has 17 heteroatoms. The molecule has 5 heterocycles. The molecule has 2 amide bonds. The first-order valence-corrected chi connectivity index (χ1v) is 15.0. The number of nitrogens with two attached hydrogens (primary N) is 2. The molecule has 2 atom stereocenters. The average Bonchev–Trinajstić information content (AvgIpc) is 3.56. The fraction of sp³-hybridized carbons (Fsp3) is 0.348. The largest absolute Gasteiger partial charge is 0.477 e. The van der Waals surface area contributed by atoms with Crippen LogP contribution in [0.15, 0.2) is 52.0 Å². The number of nitrogens with zero attached hydrogens (tertiary/aromatic N) is 6. The highest BCUT2D eigenvalue weighted by Crippen LogP contribution is 2.40. The molecule has 0 saturated carbocycles. The number of anilines is 1. The first-order valence-electron chi connectivity index (χ1n) is 12.2. The molecule has 0 aliphatic carbocycles. The molecule has 6 N–H and O–H groups in total. The molecule has 0 bridgehead atoms. The van der Waals surface area contributed by atoms with Crippen molar-refractivity contribution in [3.05, 3.63) is 47.7 Å². The monoisotopic (exact) mass is 604 g/mol. The molecule has 1 saturated heterocycles. The van der Waals surface area contributed by atoms with E-state index in [1.165, 1.54) is 16.7 Å². The number of carbonyl (C=O) groups excluding carboxylic acids is 2. The number of pyridine rings is 1. The lowest BCUT2D eigenvalue weighted by molar-refractivity contribution is -0.662. The lowest BCUT2D eigenvalue weighted by Gasteiger charge is -2.49. The second kappa shape index (κ2) is 11.8. The van der Waals surface area contributed by atoms with Crippen LogP contribution in [-0.4, -0.2) is 83.3 Å². The lowest BCUT2D eigenvalue weighted by atomic mass is 10.0. The second-order valence-corrected chi connectivity index (χ2v) is 11.6. The summed E-state index contributed by atoms with van der Waals surface area (Å²) < 4.78 is 7.96. The van der Waals surface area contributed by atoms with E-state index in [0.29, 0.717) is 17.9 Å². The van der Waals surface area contributed by atoms with Crippen molar-refractivity contribution < 1.29 is 28.9 Å². The van der Waals surface area contributed by atoms with Gasteiger partial charge in [0.05, 0.1) is 0 Å². The molecule has 0 radical (unpaired) electrons. The molecule has 14 nitrogen and oxygen atoms in total. The molecule has 0 aromatic carbocycles. The van der Waals surface area contributed by atoms with Crippen molar-refractivity contribution in [2.45, 2.75) is 29.9 Å². The Morgan fingerprint density at radius 2 is 2.23 bits per heavy atom. The summed E-state index contributed by atoms with van der Waals surface area (Å²) in [5.41, 5.74) is 12.5. The summed E-state index contributed by atoms with van der Waals surface area (Å²) in [6.07, 6.45) is 3.80. The number of carbonyl (C=O) groups is 3. The number of thioether (sulfide) groups is 2. The Kier molecular flexibility index (Phi) is 8.24. The second-order valence-electron chi connectivity index (χ2n) is 8.59. The van der Waals surface area contributed by atoms with Crippen LogP contribution in [0.4, 0.5) is 5.13 Å². The predicted molar refractivity (Wildman–Crippen MR) is 150 cm³/mol. The maximum atomic E-state index is 13.2. The molecule has 2 aliphatic rings. The van der Waals surface area contributed by atoms with Crippen molar-refractivity contribution >= 4 is 69.3 Å². The molecule has 1 fully saturated rings. The van der Waals surface area contributed by atoms with Crippen molar-refractivity contribution in [2.24, 2.45) is 10.9 Å². The molecule has 210 valence electrons. The van der Waals surface area contributed by atoms with Gasteiger partial charge in [-0.05, 0) is 19.1 Å². The van der Waals surface area contributed by atoms with Gasteiger partial charge in [-0.2, -0.15) is 13.8 Å². The van der Waals surface area contributed by atoms with E-state index in [4.69, 9.17) is 16.3 Å². The van der Waals surface area contributed by atoms with Crippen molar-refractivity contribution in [1.29, 1.82) is 0 Å². The third kappa shape index (κ3) is 5.24. The number of β-lactam (4-membered cyclic amide) rings is 1.